The molecule has 1 aromatic heterocycles. The molecule has 0 spiro atoms. The third kappa shape index (κ3) is 3.38. The fourth-order valence-electron chi connectivity index (χ4n) is 2.95. The van der Waals surface area contributed by atoms with Gasteiger partial charge in [-0.05, 0) is 43.1 Å². The summed E-state index contributed by atoms with van der Waals surface area (Å²) in [5, 5.41) is 8.26. The Morgan fingerprint density at radius 1 is 1.26 bits per heavy atom. The molecule has 2 unspecified atom stereocenters. The van der Waals surface area contributed by atoms with Crippen molar-refractivity contribution < 1.29 is 0 Å². The van der Waals surface area contributed by atoms with Crippen LogP contribution in [0.2, 0.25) is 0 Å². The zero-order valence-corrected chi connectivity index (χ0v) is 14.0. The number of nitrogens with one attached hydrogen (secondary N) is 1. The zero-order chi connectivity index (χ0) is 14.0. The Kier molecular flexibility index (Phi) is 5.03. The summed E-state index contributed by atoms with van der Waals surface area (Å²) >= 11 is 3.73. The fraction of sp³-hybridized carbons (Fsp3) is 0.786. The molecule has 1 aliphatic rings. The van der Waals surface area contributed by atoms with Gasteiger partial charge in [0.25, 0.3) is 0 Å². The maximum absolute atomic E-state index is 4.68. The first-order chi connectivity index (χ1) is 9.05. The van der Waals surface area contributed by atoms with Crippen LogP contribution in [0.4, 0.5) is 0 Å². The van der Waals surface area contributed by atoms with Gasteiger partial charge in [-0.25, -0.2) is 0 Å². The van der Waals surface area contributed by atoms with Crippen LogP contribution in [0, 0.1) is 0 Å². The van der Waals surface area contributed by atoms with Crippen molar-refractivity contribution >= 4 is 15.9 Å². The quantitative estimate of drug-likeness (QED) is 0.921. The number of piperazine rings is 1. The van der Waals surface area contributed by atoms with Crippen molar-refractivity contribution in [2.45, 2.75) is 59.3 Å². The Hall–Kier alpha value is -0.390. The molecule has 1 aromatic rings. The Bertz CT molecular complexity index is 419. The van der Waals surface area contributed by atoms with Gasteiger partial charge in [-0.3, -0.25) is 9.58 Å². The molecule has 2 atom stereocenters. The summed E-state index contributed by atoms with van der Waals surface area (Å²) in [4.78, 5) is 2.53. The monoisotopic (exact) mass is 328 g/mol. The smallest absolute Gasteiger partial charge is 0.0767 e. The van der Waals surface area contributed by atoms with Crippen molar-refractivity contribution in [2.24, 2.45) is 0 Å². The number of hydrogen-bond donors (Lipinski definition) is 1. The van der Waals surface area contributed by atoms with Gasteiger partial charge in [0, 0.05) is 38.3 Å². The molecule has 0 aromatic carbocycles. The van der Waals surface area contributed by atoms with E-state index in [1.807, 2.05) is 0 Å². The number of rotatable bonds is 4. The van der Waals surface area contributed by atoms with Crippen LogP contribution in [0.5, 0.6) is 0 Å². The number of aromatic nitrogens is 2. The van der Waals surface area contributed by atoms with E-state index in [4.69, 9.17) is 0 Å². The van der Waals surface area contributed by atoms with Gasteiger partial charge in [-0.2, -0.15) is 5.10 Å². The molecule has 5 heteroatoms. The first-order valence-corrected chi connectivity index (χ1v) is 8.06. The van der Waals surface area contributed by atoms with E-state index in [9.17, 15) is 0 Å². The predicted octanol–water partition coefficient (Wildman–Crippen LogP) is 2.41. The molecule has 2 rings (SSSR count). The highest BCUT2D eigenvalue weighted by molar-refractivity contribution is 9.10. The lowest BCUT2D eigenvalue weighted by Crippen LogP contribution is -2.53. The first-order valence-electron chi connectivity index (χ1n) is 7.27. The van der Waals surface area contributed by atoms with E-state index in [2.05, 4.69) is 63.6 Å². The second-order valence-electron chi connectivity index (χ2n) is 5.54. The van der Waals surface area contributed by atoms with E-state index in [1.165, 1.54) is 15.9 Å². The number of halogens is 1. The van der Waals surface area contributed by atoms with Crippen LogP contribution in [0.25, 0.3) is 0 Å². The largest absolute Gasteiger partial charge is 0.309 e. The van der Waals surface area contributed by atoms with Crippen LogP contribution in [0.15, 0.2) is 4.47 Å². The number of aryl methyl sites for hydroxylation is 2. The molecule has 0 aliphatic carbocycles. The summed E-state index contributed by atoms with van der Waals surface area (Å²) in [5.74, 6) is 0. The van der Waals surface area contributed by atoms with Crippen LogP contribution >= 0.6 is 15.9 Å². The lowest BCUT2D eigenvalue weighted by atomic mass is 10.1. The van der Waals surface area contributed by atoms with Gasteiger partial charge in [-0.1, -0.05) is 6.92 Å². The summed E-state index contributed by atoms with van der Waals surface area (Å²) in [5.41, 5.74) is 2.49. The molecule has 1 N–H and O–H groups in total. The van der Waals surface area contributed by atoms with Gasteiger partial charge in [0.1, 0.15) is 0 Å². The van der Waals surface area contributed by atoms with Crippen molar-refractivity contribution in [3.8, 4) is 0 Å². The molecule has 19 heavy (non-hydrogen) atoms. The predicted molar refractivity (Wildman–Crippen MR) is 82.3 cm³/mol. The van der Waals surface area contributed by atoms with Gasteiger partial charge >= 0.3 is 0 Å². The molecule has 0 radical (unpaired) electrons. The SMILES string of the molecule is CCc1nn(CC)c(CN2CC(C)NC(C)C2)c1Br. The van der Waals surface area contributed by atoms with E-state index < -0.39 is 0 Å². The van der Waals surface area contributed by atoms with Gasteiger partial charge < -0.3 is 5.32 Å². The maximum Gasteiger partial charge on any atom is 0.0767 e. The molecule has 1 fully saturated rings. The number of nitrogens with zero attached hydrogens (tertiary/aromatic N) is 3. The minimum absolute atomic E-state index is 0.561. The van der Waals surface area contributed by atoms with E-state index in [-0.39, 0.29) is 0 Å². The Morgan fingerprint density at radius 2 is 1.89 bits per heavy atom. The maximum atomic E-state index is 4.68. The van der Waals surface area contributed by atoms with E-state index in [0.29, 0.717) is 12.1 Å². The molecular weight excluding hydrogens is 304 g/mol. The molecule has 0 saturated carbocycles. The van der Waals surface area contributed by atoms with Crippen molar-refractivity contribution in [1.29, 1.82) is 0 Å². The second kappa shape index (κ2) is 6.37. The lowest BCUT2D eigenvalue weighted by Gasteiger charge is -2.36. The van der Waals surface area contributed by atoms with E-state index >= 15 is 0 Å². The molecule has 0 amide bonds. The van der Waals surface area contributed by atoms with Gasteiger partial charge in [0.15, 0.2) is 0 Å². The van der Waals surface area contributed by atoms with E-state index in [0.717, 1.165) is 32.6 Å². The van der Waals surface area contributed by atoms with Gasteiger partial charge in [0.05, 0.1) is 15.9 Å². The summed E-state index contributed by atoms with van der Waals surface area (Å²) in [6.07, 6.45) is 0.981. The Balaban J connectivity index is 2.16. The van der Waals surface area contributed by atoms with Crippen molar-refractivity contribution in [3.63, 3.8) is 0 Å². The van der Waals surface area contributed by atoms with Gasteiger partial charge in [-0.15, -0.1) is 0 Å². The first kappa shape index (κ1) is 15.0. The minimum Gasteiger partial charge on any atom is -0.309 e. The molecule has 1 saturated heterocycles. The molecule has 108 valence electrons. The summed E-state index contributed by atoms with van der Waals surface area (Å²) in [6, 6.07) is 1.12. The van der Waals surface area contributed by atoms with E-state index in [1.54, 1.807) is 0 Å². The van der Waals surface area contributed by atoms with Gasteiger partial charge in [0.2, 0.25) is 0 Å². The summed E-state index contributed by atoms with van der Waals surface area (Å²) < 4.78 is 3.34. The average molecular weight is 329 g/mol. The number of hydrogen-bond acceptors (Lipinski definition) is 3. The average Bonchev–Trinajstić information content (AvgIpc) is 2.65. The fourth-order valence-corrected chi connectivity index (χ4v) is 3.64. The van der Waals surface area contributed by atoms with Crippen LogP contribution in [-0.2, 0) is 19.5 Å². The lowest BCUT2D eigenvalue weighted by molar-refractivity contribution is 0.162. The highest BCUT2D eigenvalue weighted by Crippen LogP contribution is 2.24. The second-order valence-corrected chi connectivity index (χ2v) is 6.33. The highest BCUT2D eigenvalue weighted by Gasteiger charge is 2.23. The normalized spacial score (nSPS) is 24.9. The molecule has 1 aliphatic heterocycles. The van der Waals surface area contributed by atoms with Crippen molar-refractivity contribution in [1.82, 2.24) is 20.0 Å². The van der Waals surface area contributed by atoms with Crippen molar-refractivity contribution in [3.05, 3.63) is 15.9 Å². The Labute approximate surface area is 124 Å². The molecular formula is C14H25BrN4. The van der Waals surface area contributed by atoms with Crippen LogP contribution < -0.4 is 5.32 Å². The summed E-state index contributed by atoms with van der Waals surface area (Å²) in [6.45, 7) is 13.0. The third-order valence-corrected chi connectivity index (χ3v) is 4.62. The standard InChI is InChI=1S/C14H25BrN4/c1-5-12-14(15)13(19(6-2)17-12)9-18-7-10(3)16-11(4)8-18/h10-11,16H,5-9H2,1-4H3. The molecule has 0 bridgehead atoms. The third-order valence-electron chi connectivity index (χ3n) is 3.70. The Morgan fingerprint density at radius 3 is 2.42 bits per heavy atom. The minimum atomic E-state index is 0.561. The van der Waals surface area contributed by atoms with Crippen molar-refractivity contribution in [2.75, 3.05) is 13.1 Å². The molecule has 2 heterocycles. The molecule has 4 nitrogen and oxygen atoms in total. The van der Waals surface area contributed by atoms with Crippen LogP contribution in [0.3, 0.4) is 0 Å². The zero-order valence-electron chi connectivity index (χ0n) is 12.4. The highest BCUT2D eigenvalue weighted by atomic mass is 79.9. The van der Waals surface area contributed by atoms with Crippen LogP contribution in [-0.4, -0.2) is 39.9 Å². The topological polar surface area (TPSA) is 33.1 Å². The van der Waals surface area contributed by atoms with Crippen LogP contribution in [0.1, 0.15) is 39.1 Å². The summed E-state index contributed by atoms with van der Waals surface area (Å²) in [7, 11) is 0.